The van der Waals surface area contributed by atoms with E-state index in [0.29, 0.717) is 0 Å². The average Bonchev–Trinajstić information content (AvgIpc) is 1.86. The second kappa shape index (κ2) is 1.22. The lowest BCUT2D eigenvalue weighted by atomic mass is 11.0. The van der Waals surface area contributed by atoms with Gasteiger partial charge in [-0.3, -0.25) is 0 Å². The van der Waals surface area contributed by atoms with Crippen LogP contribution in [0.15, 0.2) is 4.52 Å². The zero-order valence-electron chi connectivity index (χ0n) is 2.76. The molecule has 0 aromatic carbocycles. The number of aromatic amines is 1. The van der Waals surface area contributed by atoms with Crippen LogP contribution >= 0.6 is 12.2 Å². The summed E-state index contributed by atoms with van der Waals surface area (Å²) >= 11 is 4.43. The summed E-state index contributed by atoms with van der Waals surface area (Å²) in [6.45, 7) is 0. The fourth-order valence-corrected chi connectivity index (χ4v) is 0.238. The van der Waals surface area contributed by atoms with Crippen LogP contribution in [0.1, 0.15) is 0 Å². The van der Waals surface area contributed by atoms with Gasteiger partial charge >= 0.3 is 0 Å². The van der Waals surface area contributed by atoms with Gasteiger partial charge in [-0.05, 0) is 12.2 Å². The highest BCUT2D eigenvalue weighted by atomic mass is 32.1. The van der Waals surface area contributed by atoms with E-state index >= 15 is 0 Å². The van der Waals surface area contributed by atoms with Gasteiger partial charge in [0.1, 0.15) is 0 Å². The number of hydrogen-bond acceptors (Lipinski definition) is 3. The fraction of sp³-hybridized carbons (Fsp3) is 0. The van der Waals surface area contributed by atoms with Crippen molar-refractivity contribution < 1.29 is 4.52 Å². The Balaban J connectivity index is 3.41. The van der Waals surface area contributed by atoms with E-state index < -0.39 is 0 Å². The summed E-state index contributed by atoms with van der Waals surface area (Å²) < 4.78 is 4.62. The van der Waals surface area contributed by atoms with E-state index in [-0.39, 0.29) is 4.71 Å². The third-order valence-electron chi connectivity index (χ3n) is 0.331. The summed E-state index contributed by atoms with van der Waals surface area (Å²) in [6.07, 6.45) is 2.34. The van der Waals surface area contributed by atoms with Crippen LogP contribution < -0.4 is 0 Å². The first-order chi connectivity index (χ1) is 2.89. The molecule has 0 atom stereocenters. The van der Waals surface area contributed by atoms with Crippen LogP contribution in [0.25, 0.3) is 0 Å². The number of rotatable bonds is 0. The first-order valence-electron chi connectivity index (χ1n) is 1.31. The Morgan fingerprint density at radius 1 is 2.00 bits per heavy atom. The molecular formula is C2HN2OS. The number of aromatic nitrogens is 2. The molecule has 1 rings (SSSR count). The van der Waals surface area contributed by atoms with Crippen molar-refractivity contribution in [3.63, 3.8) is 0 Å². The lowest BCUT2D eigenvalue weighted by molar-refractivity contribution is 0.383. The van der Waals surface area contributed by atoms with Gasteiger partial charge in [0, 0.05) is 0 Å². The van der Waals surface area contributed by atoms with Gasteiger partial charge in [-0.1, -0.05) is 0 Å². The first kappa shape index (κ1) is 3.55. The molecule has 1 N–H and O–H groups in total. The Morgan fingerprint density at radius 2 is 2.83 bits per heavy atom. The Bertz CT molecular complexity index is 149. The second-order valence-corrected chi connectivity index (χ2v) is 1.08. The molecule has 0 unspecified atom stereocenters. The van der Waals surface area contributed by atoms with Crippen LogP contribution in [0.3, 0.4) is 0 Å². The Labute approximate surface area is 38.9 Å². The fourth-order valence-electron chi connectivity index (χ4n) is 0.156. The third kappa shape index (κ3) is 0.463. The summed E-state index contributed by atoms with van der Waals surface area (Å²) in [5.74, 6) is 0. The summed E-state index contributed by atoms with van der Waals surface area (Å²) in [5, 5.41) is 5.45. The average molecular weight is 101 g/mol. The molecule has 6 heavy (non-hydrogen) atoms. The van der Waals surface area contributed by atoms with Crippen LogP contribution in [-0.2, 0) is 0 Å². The smallest absolute Gasteiger partial charge is 0.250 e. The van der Waals surface area contributed by atoms with Crippen LogP contribution in [0, 0.1) is 10.9 Å². The van der Waals surface area contributed by atoms with Crippen molar-refractivity contribution in [1.82, 2.24) is 10.4 Å². The zero-order chi connectivity index (χ0) is 4.41. The minimum Gasteiger partial charge on any atom is -0.351 e. The van der Waals surface area contributed by atoms with Gasteiger partial charge in [-0.25, -0.2) is 0 Å². The van der Waals surface area contributed by atoms with Gasteiger partial charge in [-0.2, -0.15) is 0 Å². The molecule has 0 aliphatic carbocycles. The van der Waals surface area contributed by atoms with E-state index in [1.165, 1.54) is 0 Å². The number of H-pyrrole nitrogens is 1. The Kier molecular flexibility index (Phi) is 0.719. The molecule has 0 aliphatic rings. The largest absolute Gasteiger partial charge is 0.351 e. The standard InChI is InChI=1S/C2HN2OS/c6-2-1-3-4-5-2/h4H. The molecule has 0 saturated carbocycles. The van der Waals surface area contributed by atoms with E-state index in [1.54, 1.807) is 0 Å². The van der Waals surface area contributed by atoms with Gasteiger partial charge in [0.2, 0.25) is 0 Å². The molecule has 0 bridgehead atoms. The van der Waals surface area contributed by atoms with Crippen molar-refractivity contribution in [3.05, 3.63) is 10.9 Å². The molecule has 3 nitrogen and oxygen atoms in total. The molecule has 1 aromatic rings. The van der Waals surface area contributed by atoms with Gasteiger partial charge < -0.3 is 4.52 Å². The normalized spacial score (nSPS) is 8.67. The monoisotopic (exact) mass is 101 g/mol. The highest BCUT2D eigenvalue weighted by Crippen LogP contribution is 1.75. The highest BCUT2D eigenvalue weighted by molar-refractivity contribution is 7.71. The molecule has 1 aromatic heterocycles. The van der Waals surface area contributed by atoms with E-state index in [0.717, 1.165) is 0 Å². The summed E-state index contributed by atoms with van der Waals surface area (Å²) in [7, 11) is 0. The SMILES string of the molecule is S=c1[c]n[nH]o1. The first-order valence-corrected chi connectivity index (χ1v) is 1.72. The molecule has 0 saturated heterocycles. The van der Waals surface area contributed by atoms with E-state index in [2.05, 4.69) is 33.3 Å². The van der Waals surface area contributed by atoms with Crippen molar-refractivity contribution in [3.8, 4) is 0 Å². The van der Waals surface area contributed by atoms with Gasteiger partial charge in [0.05, 0.1) is 0 Å². The van der Waals surface area contributed by atoms with Crippen molar-refractivity contribution in [2.75, 3.05) is 0 Å². The lowest BCUT2D eigenvalue weighted by Gasteiger charge is -1.53. The van der Waals surface area contributed by atoms with Gasteiger partial charge in [0.15, 0.2) is 6.20 Å². The number of nitrogens with zero attached hydrogens (tertiary/aromatic N) is 1. The van der Waals surface area contributed by atoms with Crippen LogP contribution in [0.5, 0.6) is 0 Å². The molecule has 0 aliphatic heterocycles. The van der Waals surface area contributed by atoms with Crippen molar-refractivity contribution >= 4 is 12.2 Å². The molecular weight excluding hydrogens is 100 g/mol. The lowest BCUT2D eigenvalue weighted by Crippen LogP contribution is -1.54. The van der Waals surface area contributed by atoms with Crippen LogP contribution in [0.2, 0.25) is 0 Å². The number of hydrogen-bond donors (Lipinski definition) is 1. The maximum Gasteiger partial charge on any atom is 0.250 e. The van der Waals surface area contributed by atoms with Crippen molar-refractivity contribution in [2.24, 2.45) is 0 Å². The highest BCUT2D eigenvalue weighted by Gasteiger charge is 1.72. The number of nitrogens with one attached hydrogen (secondary N) is 1. The van der Waals surface area contributed by atoms with E-state index in [9.17, 15) is 0 Å². The summed E-state index contributed by atoms with van der Waals surface area (Å²) in [6, 6.07) is 0. The third-order valence-corrected chi connectivity index (χ3v) is 0.506. The molecule has 31 valence electrons. The molecule has 0 fully saturated rings. The molecule has 1 heterocycles. The van der Waals surface area contributed by atoms with Gasteiger partial charge in [0.25, 0.3) is 4.71 Å². The molecule has 0 amide bonds. The van der Waals surface area contributed by atoms with Crippen LogP contribution in [0.4, 0.5) is 0 Å². The van der Waals surface area contributed by atoms with Crippen molar-refractivity contribution in [1.29, 1.82) is 0 Å². The second-order valence-electron chi connectivity index (χ2n) is 0.704. The predicted octanol–water partition coefficient (Wildman–Crippen LogP) is 0.532. The Morgan fingerprint density at radius 3 is 3.00 bits per heavy atom. The predicted molar refractivity (Wildman–Crippen MR) is 20.5 cm³/mol. The van der Waals surface area contributed by atoms with Gasteiger partial charge in [-0.15, -0.1) is 10.4 Å². The quantitative estimate of drug-likeness (QED) is 0.485. The molecule has 4 heteroatoms. The van der Waals surface area contributed by atoms with E-state index in [1.807, 2.05) is 0 Å². The molecule has 1 radical (unpaired) electrons. The minimum atomic E-state index is 0.259. The topological polar surface area (TPSA) is 41.8 Å². The molecule has 0 spiro atoms. The minimum absolute atomic E-state index is 0.259. The maximum atomic E-state index is 4.43. The maximum absolute atomic E-state index is 4.43. The zero-order valence-corrected chi connectivity index (χ0v) is 3.58. The van der Waals surface area contributed by atoms with E-state index in [4.69, 9.17) is 0 Å². The summed E-state index contributed by atoms with van der Waals surface area (Å²) in [4.78, 5) is 0. The summed E-state index contributed by atoms with van der Waals surface area (Å²) in [5.41, 5.74) is 0. The van der Waals surface area contributed by atoms with Crippen LogP contribution in [-0.4, -0.2) is 10.4 Å². The Hall–Kier alpha value is -0.640. The van der Waals surface area contributed by atoms with Crippen molar-refractivity contribution in [2.45, 2.75) is 0 Å².